The first-order chi connectivity index (χ1) is 15.0. The average Bonchev–Trinajstić information content (AvgIpc) is 2.72. The van der Waals surface area contributed by atoms with Gasteiger partial charge in [0, 0.05) is 10.0 Å². The van der Waals surface area contributed by atoms with E-state index < -0.39 is 17.5 Å². The van der Waals surface area contributed by atoms with Crippen LogP contribution in [-0.2, 0) is 27.3 Å². The first-order valence-corrected chi connectivity index (χ1v) is 10.5. The molecule has 2 N–H and O–H groups in total. The summed E-state index contributed by atoms with van der Waals surface area (Å²) in [5.74, 6) is 0.247. The van der Waals surface area contributed by atoms with E-state index in [0.717, 1.165) is 10.0 Å². The van der Waals surface area contributed by atoms with Crippen molar-refractivity contribution in [2.45, 2.75) is 39.4 Å². The topological polar surface area (TPSA) is 106 Å². The van der Waals surface area contributed by atoms with Crippen LogP contribution in [0.2, 0.25) is 0 Å². The predicted molar refractivity (Wildman–Crippen MR) is 123 cm³/mol. The SMILES string of the molecule is COC(=O)Cc1ccc(OCc2cc(OC)c(OC)cc2Br)c(N)c1C(=O)OC(C)(C)C. The quantitative estimate of drug-likeness (QED) is 0.414. The molecule has 0 bridgehead atoms. The van der Waals surface area contributed by atoms with E-state index in [1.54, 1.807) is 59.3 Å². The maximum Gasteiger partial charge on any atom is 0.341 e. The summed E-state index contributed by atoms with van der Waals surface area (Å²) in [5.41, 5.74) is 6.88. The number of nitrogens with two attached hydrogens (primary N) is 1. The van der Waals surface area contributed by atoms with Gasteiger partial charge in [-0.05, 0) is 44.5 Å². The van der Waals surface area contributed by atoms with E-state index in [1.807, 2.05) is 0 Å². The van der Waals surface area contributed by atoms with Gasteiger partial charge in [-0.25, -0.2) is 4.79 Å². The summed E-state index contributed by atoms with van der Waals surface area (Å²) in [7, 11) is 4.37. The van der Waals surface area contributed by atoms with Crippen molar-refractivity contribution in [1.29, 1.82) is 0 Å². The molecule has 2 aromatic rings. The Bertz CT molecular complexity index is 999. The highest BCUT2D eigenvalue weighted by Gasteiger charge is 2.26. The van der Waals surface area contributed by atoms with Gasteiger partial charge in [0.1, 0.15) is 18.0 Å². The zero-order valence-electron chi connectivity index (χ0n) is 19.0. The van der Waals surface area contributed by atoms with Crippen LogP contribution in [-0.4, -0.2) is 38.9 Å². The maximum absolute atomic E-state index is 12.9. The van der Waals surface area contributed by atoms with Gasteiger partial charge in [-0.3, -0.25) is 4.79 Å². The summed E-state index contributed by atoms with van der Waals surface area (Å²) in [6.45, 7) is 5.37. The van der Waals surface area contributed by atoms with E-state index in [9.17, 15) is 9.59 Å². The molecular formula is C23H28BrNO7. The number of rotatable bonds is 8. The largest absolute Gasteiger partial charge is 0.493 e. The Balaban J connectivity index is 2.40. The second kappa shape index (κ2) is 10.6. The third-order valence-corrected chi connectivity index (χ3v) is 5.13. The summed E-state index contributed by atoms with van der Waals surface area (Å²) in [4.78, 5) is 24.7. The molecule has 9 heteroatoms. The highest BCUT2D eigenvalue weighted by molar-refractivity contribution is 9.10. The number of ether oxygens (including phenoxy) is 5. The fourth-order valence-corrected chi connectivity index (χ4v) is 3.32. The second-order valence-electron chi connectivity index (χ2n) is 7.85. The number of nitrogen functional groups attached to an aromatic ring is 1. The lowest BCUT2D eigenvalue weighted by Crippen LogP contribution is -2.26. The zero-order chi connectivity index (χ0) is 24.1. The van der Waals surface area contributed by atoms with Crippen LogP contribution in [0.1, 0.15) is 42.3 Å². The van der Waals surface area contributed by atoms with Crippen LogP contribution < -0.4 is 19.9 Å². The first-order valence-electron chi connectivity index (χ1n) is 9.75. The minimum absolute atomic E-state index is 0.0780. The molecule has 0 saturated heterocycles. The van der Waals surface area contributed by atoms with Crippen LogP contribution >= 0.6 is 15.9 Å². The van der Waals surface area contributed by atoms with Gasteiger partial charge in [0.25, 0.3) is 0 Å². The van der Waals surface area contributed by atoms with Gasteiger partial charge < -0.3 is 29.4 Å². The van der Waals surface area contributed by atoms with E-state index >= 15 is 0 Å². The number of carbonyl (C=O) groups is 2. The van der Waals surface area contributed by atoms with E-state index in [1.165, 1.54) is 7.11 Å². The monoisotopic (exact) mass is 509 g/mol. The van der Waals surface area contributed by atoms with Crippen molar-refractivity contribution >= 4 is 33.6 Å². The normalized spacial score (nSPS) is 11.0. The summed E-state index contributed by atoms with van der Waals surface area (Å²) < 4.78 is 27.5. The minimum atomic E-state index is -0.743. The minimum Gasteiger partial charge on any atom is -0.493 e. The number of methoxy groups -OCH3 is 3. The summed E-state index contributed by atoms with van der Waals surface area (Å²) in [5, 5.41) is 0. The van der Waals surface area contributed by atoms with Gasteiger partial charge in [-0.15, -0.1) is 0 Å². The Kier molecular flexibility index (Phi) is 8.38. The van der Waals surface area contributed by atoms with Gasteiger partial charge in [0.15, 0.2) is 11.5 Å². The van der Waals surface area contributed by atoms with E-state index in [-0.39, 0.29) is 30.0 Å². The van der Waals surface area contributed by atoms with Crippen LogP contribution in [0.4, 0.5) is 5.69 Å². The average molecular weight is 510 g/mol. The molecule has 32 heavy (non-hydrogen) atoms. The Morgan fingerprint density at radius 1 is 0.969 bits per heavy atom. The van der Waals surface area contributed by atoms with Gasteiger partial charge >= 0.3 is 11.9 Å². The van der Waals surface area contributed by atoms with E-state index in [2.05, 4.69) is 15.9 Å². The maximum atomic E-state index is 12.9. The number of carbonyl (C=O) groups excluding carboxylic acids is 2. The molecular weight excluding hydrogens is 482 g/mol. The third-order valence-electron chi connectivity index (χ3n) is 4.39. The van der Waals surface area contributed by atoms with Crippen molar-refractivity contribution < 1.29 is 33.3 Å². The van der Waals surface area contributed by atoms with E-state index in [4.69, 9.17) is 29.4 Å². The number of halogens is 1. The van der Waals surface area contributed by atoms with Gasteiger partial charge in [0.05, 0.1) is 39.0 Å². The lowest BCUT2D eigenvalue weighted by molar-refractivity contribution is -0.139. The molecule has 8 nitrogen and oxygen atoms in total. The summed E-state index contributed by atoms with van der Waals surface area (Å²) >= 11 is 3.49. The lowest BCUT2D eigenvalue weighted by atomic mass is 10.0. The standard InChI is InChI=1S/C23H28BrNO7/c1-23(2,3)32-22(27)20-13(10-19(26)30-6)7-8-16(21(20)25)31-12-14-9-17(28-4)18(29-5)11-15(14)24/h7-9,11H,10,12,25H2,1-6H3. The van der Waals surface area contributed by atoms with Gasteiger partial charge in [-0.2, -0.15) is 0 Å². The van der Waals surface area contributed by atoms with E-state index in [0.29, 0.717) is 17.1 Å². The van der Waals surface area contributed by atoms with Crippen LogP contribution in [0, 0.1) is 0 Å². The van der Waals surface area contributed by atoms with Crippen molar-refractivity contribution in [3.63, 3.8) is 0 Å². The molecule has 0 unspecified atom stereocenters. The van der Waals surface area contributed by atoms with Crippen molar-refractivity contribution in [3.05, 3.63) is 45.4 Å². The molecule has 0 aliphatic heterocycles. The first kappa shape index (κ1) is 25.3. The van der Waals surface area contributed by atoms with Crippen LogP contribution in [0.3, 0.4) is 0 Å². The molecule has 0 aliphatic carbocycles. The fraction of sp³-hybridized carbons (Fsp3) is 0.391. The molecule has 0 saturated carbocycles. The number of hydrogen-bond donors (Lipinski definition) is 1. The predicted octanol–water partition coefficient (Wildman–Crippen LogP) is 4.30. The molecule has 0 aliphatic rings. The molecule has 2 aromatic carbocycles. The third kappa shape index (κ3) is 6.29. The smallest absolute Gasteiger partial charge is 0.341 e. The summed E-state index contributed by atoms with van der Waals surface area (Å²) in [6.07, 6.45) is -0.128. The zero-order valence-corrected chi connectivity index (χ0v) is 20.6. The van der Waals surface area contributed by atoms with Crippen molar-refractivity contribution in [2.75, 3.05) is 27.1 Å². The van der Waals surface area contributed by atoms with Crippen LogP contribution in [0.25, 0.3) is 0 Å². The molecule has 0 amide bonds. The Hall–Kier alpha value is -2.94. The molecule has 174 valence electrons. The highest BCUT2D eigenvalue weighted by atomic mass is 79.9. The lowest BCUT2D eigenvalue weighted by Gasteiger charge is -2.22. The van der Waals surface area contributed by atoms with Crippen LogP contribution in [0.15, 0.2) is 28.7 Å². The van der Waals surface area contributed by atoms with Crippen LogP contribution in [0.5, 0.6) is 17.2 Å². The second-order valence-corrected chi connectivity index (χ2v) is 8.71. The van der Waals surface area contributed by atoms with Crippen molar-refractivity contribution in [3.8, 4) is 17.2 Å². The summed E-state index contributed by atoms with van der Waals surface area (Å²) in [6, 6.07) is 6.76. The van der Waals surface area contributed by atoms with Crippen molar-refractivity contribution in [2.24, 2.45) is 0 Å². The Labute approximate surface area is 196 Å². The Morgan fingerprint density at radius 2 is 1.59 bits per heavy atom. The number of anilines is 1. The molecule has 0 spiro atoms. The van der Waals surface area contributed by atoms with Crippen molar-refractivity contribution in [1.82, 2.24) is 0 Å². The Morgan fingerprint density at radius 3 is 2.16 bits per heavy atom. The molecule has 0 atom stereocenters. The molecule has 0 fully saturated rings. The van der Waals surface area contributed by atoms with Gasteiger partial charge in [0.2, 0.25) is 0 Å². The molecule has 0 heterocycles. The molecule has 0 aromatic heterocycles. The number of benzene rings is 2. The molecule has 2 rings (SSSR count). The van der Waals surface area contributed by atoms with Gasteiger partial charge in [-0.1, -0.05) is 22.0 Å². The number of esters is 2. The number of hydrogen-bond acceptors (Lipinski definition) is 8. The molecule has 0 radical (unpaired) electrons. The highest BCUT2D eigenvalue weighted by Crippen LogP contribution is 2.35. The fourth-order valence-electron chi connectivity index (χ4n) is 2.88.